The SMILES string of the molecule is NC1CCc2ccccc2C1Cc1ccccc1. The number of aryl methyl sites for hydroxylation is 1. The monoisotopic (exact) mass is 237 g/mol. The van der Waals surface area contributed by atoms with E-state index < -0.39 is 0 Å². The van der Waals surface area contributed by atoms with Gasteiger partial charge in [0.25, 0.3) is 0 Å². The topological polar surface area (TPSA) is 26.0 Å². The van der Waals surface area contributed by atoms with Crippen molar-refractivity contribution >= 4 is 0 Å². The standard InChI is InChI=1S/C17H19N/c18-17-11-10-14-8-4-5-9-15(14)16(17)12-13-6-2-1-3-7-13/h1-9,16-17H,10-12,18H2. The van der Waals surface area contributed by atoms with Crippen LogP contribution < -0.4 is 5.73 Å². The Kier molecular flexibility index (Phi) is 3.16. The van der Waals surface area contributed by atoms with Gasteiger partial charge in [0, 0.05) is 12.0 Å². The molecule has 92 valence electrons. The van der Waals surface area contributed by atoms with E-state index in [2.05, 4.69) is 54.6 Å². The normalized spacial score (nSPS) is 22.5. The highest BCUT2D eigenvalue weighted by Crippen LogP contribution is 2.33. The third-order valence-corrected chi connectivity index (χ3v) is 4.02. The summed E-state index contributed by atoms with van der Waals surface area (Å²) >= 11 is 0. The van der Waals surface area contributed by atoms with E-state index in [1.807, 2.05) is 0 Å². The quantitative estimate of drug-likeness (QED) is 0.852. The third-order valence-electron chi connectivity index (χ3n) is 4.02. The van der Waals surface area contributed by atoms with Crippen LogP contribution in [0.5, 0.6) is 0 Å². The molecule has 0 aromatic heterocycles. The summed E-state index contributed by atoms with van der Waals surface area (Å²) in [6.07, 6.45) is 3.29. The molecule has 0 aliphatic heterocycles. The second kappa shape index (κ2) is 4.95. The minimum Gasteiger partial charge on any atom is -0.327 e. The fraction of sp³-hybridized carbons (Fsp3) is 0.294. The summed E-state index contributed by atoms with van der Waals surface area (Å²) in [7, 11) is 0. The molecule has 1 heteroatoms. The van der Waals surface area contributed by atoms with Gasteiger partial charge in [-0.1, -0.05) is 54.6 Å². The molecule has 0 saturated carbocycles. The maximum atomic E-state index is 6.34. The summed E-state index contributed by atoms with van der Waals surface area (Å²) in [5.41, 5.74) is 10.7. The zero-order valence-electron chi connectivity index (χ0n) is 10.5. The molecule has 2 aromatic rings. The van der Waals surface area contributed by atoms with Gasteiger partial charge in [-0.2, -0.15) is 0 Å². The lowest BCUT2D eigenvalue weighted by Gasteiger charge is -2.31. The van der Waals surface area contributed by atoms with Gasteiger partial charge in [0.15, 0.2) is 0 Å². The molecule has 1 aliphatic carbocycles. The molecule has 0 fully saturated rings. The van der Waals surface area contributed by atoms with E-state index in [1.54, 1.807) is 0 Å². The molecule has 1 nitrogen and oxygen atoms in total. The molecular weight excluding hydrogens is 218 g/mol. The van der Waals surface area contributed by atoms with Gasteiger partial charge >= 0.3 is 0 Å². The van der Waals surface area contributed by atoms with E-state index in [9.17, 15) is 0 Å². The zero-order chi connectivity index (χ0) is 12.4. The molecule has 2 atom stereocenters. The van der Waals surface area contributed by atoms with Gasteiger partial charge in [0.2, 0.25) is 0 Å². The predicted octanol–water partition coefficient (Wildman–Crippen LogP) is 3.29. The van der Waals surface area contributed by atoms with Gasteiger partial charge in [-0.3, -0.25) is 0 Å². The number of fused-ring (bicyclic) bond motifs is 1. The minimum absolute atomic E-state index is 0.292. The first-order valence-electron chi connectivity index (χ1n) is 6.72. The van der Waals surface area contributed by atoms with Gasteiger partial charge in [-0.25, -0.2) is 0 Å². The van der Waals surface area contributed by atoms with Crippen molar-refractivity contribution in [3.8, 4) is 0 Å². The van der Waals surface area contributed by atoms with Crippen LogP contribution in [-0.2, 0) is 12.8 Å². The number of rotatable bonds is 2. The van der Waals surface area contributed by atoms with Crippen molar-refractivity contribution in [2.24, 2.45) is 5.73 Å². The molecule has 1 aliphatic rings. The van der Waals surface area contributed by atoms with E-state index in [1.165, 1.54) is 16.7 Å². The van der Waals surface area contributed by atoms with Crippen molar-refractivity contribution in [1.82, 2.24) is 0 Å². The fourth-order valence-electron chi connectivity index (χ4n) is 3.01. The lowest BCUT2D eigenvalue weighted by Crippen LogP contribution is -2.34. The van der Waals surface area contributed by atoms with Gasteiger partial charge in [-0.15, -0.1) is 0 Å². The Hall–Kier alpha value is -1.60. The molecule has 0 bridgehead atoms. The third kappa shape index (κ3) is 2.19. The maximum absolute atomic E-state index is 6.34. The average molecular weight is 237 g/mol. The Morgan fingerprint density at radius 2 is 1.67 bits per heavy atom. The van der Waals surface area contributed by atoms with E-state index >= 15 is 0 Å². The Morgan fingerprint density at radius 1 is 0.944 bits per heavy atom. The van der Waals surface area contributed by atoms with Gasteiger partial charge in [-0.05, 0) is 36.0 Å². The van der Waals surface area contributed by atoms with E-state index in [0.717, 1.165) is 19.3 Å². The van der Waals surface area contributed by atoms with Crippen LogP contribution in [0.2, 0.25) is 0 Å². The molecule has 2 N–H and O–H groups in total. The zero-order valence-corrected chi connectivity index (χ0v) is 10.5. The molecule has 18 heavy (non-hydrogen) atoms. The summed E-state index contributed by atoms with van der Waals surface area (Å²) in [6, 6.07) is 19.7. The van der Waals surface area contributed by atoms with E-state index in [4.69, 9.17) is 5.73 Å². The predicted molar refractivity (Wildman–Crippen MR) is 75.6 cm³/mol. The van der Waals surface area contributed by atoms with Crippen LogP contribution in [0.4, 0.5) is 0 Å². The lowest BCUT2D eigenvalue weighted by molar-refractivity contribution is 0.467. The van der Waals surface area contributed by atoms with Gasteiger partial charge < -0.3 is 5.73 Å². The summed E-state index contributed by atoms with van der Waals surface area (Å²) in [5, 5.41) is 0. The summed E-state index contributed by atoms with van der Waals surface area (Å²) in [6.45, 7) is 0. The molecule has 0 amide bonds. The van der Waals surface area contributed by atoms with Crippen molar-refractivity contribution in [3.05, 3.63) is 71.3 Å². The molecule has 0 spiro atoms. The first-order valence-corrected chi connectivity index (χ1v) is 6.72. The van der Waals surface area contributed by atoms with Crippen molar-refractivity contribution < 1.29 is 0 Å². The minimum atomic E-state index is 0.292. The summed E-state index contributed by atoms with van der Waals surface area (Å²) in [5.74, 6) is 0.470. The second-order valence-electron chi connectivity index (χ2n) is 5.20. The van der Waals surface area contributed by atoms with Crippen LogP contribution in [-0.4, -0.2) is 6.04 Å². The lowest BCUT2D eigenvalue weighted by atomic mass is 9.77. The van der Waals surface area contributed by atoms with Crippen molar-refractivity contribution in [2.45, 2.75) is 31.2 Å². The molecule has 3 rings (SSSR count). The van der Waals surface area contributed by atoms with Crippen molar-refractivity contribution in [3.63, 3.8) is 0 Å². The number of hydrogen-bond acceptors (Lipinski definition) is 1. The van der Waals surface area contributed by atoms with Crippen LogP contribution in [0.15, 0.2) is 54.6 Å². The van der Waals surface area contributed by atoms with Crippen LogP contribution in [0.25, 0.3) is 0 Å². The average Bonchev–Trinajstić information content (AvgIpc) is 2.43. The first-order chi connectivity index (χ1) is 8.84. The van der Waals surface area contributed by atoms with E-state index in [-0.39, 0.29) is 0 Å². The second-order valence-corrected chi connectivity index (χ2v) is 5.20. The highest BCUT2D eigenvalue weighted by Gasteiger charge is 2.26. The molecule has 0 heterocycles. The molecule has 2 aromatic carbocycles. The molecule has 0 saturated heterocycles. The number of hydrogen-bond donors (Lipinski definition) is 1. The van der Waals surface area contributed by atoms with Crippen LogP contribution in [0.3, 0.4) is 0 Å². The fourth-order valence-corrected chi connectivity index (χ4v) is 3.01. The summed E-state index contributed by atoms with van der Waals surface area (Å²) in [4.78, 5) is 0. The van der Waals surface area contributed by atoms with Gasteiger partial charge in [0.05, 0.1) is 0 Å². The van der Waals surface area contributed by atoms with Crippen LogP contribution in [0, 0.1) is 0 Å². The maximum Gasteiger partial charge on any atom is 0.0114 e. The molecule has 0 radical (unpaired) electrons. The highest BCUT2D eigenvalue weighted by molar-refractivity contribution is 5.35. The largest absolute Gasteiger partial charge is 0.327 e. The molecular formula is C17H19N. The Bertz CT molecular complexity index is 518. The van der Waals surface area contributed by atoms with E-state index in [0.29, 0.717) is 12.0 Å². The van der Waals surface area contributed by atoms with Crippen molar-refractivity contribution in [1.29, 1.82) is 0 Å². The summed E-state index contributed by atoms with van der Waals surface area (Å²) < 4.78 is 0. The van der Waals surface area contributed by atoms with Crippen molar-refractivity contribution in [2.75, 3.05) is 0 Å². The highest BCUT2D eigenvalue weighted by atomic mass is 14.7. The first kappa shape index (κ1) is 11.5. The van der Waals surface area contributed by atoms with Crippen LogP contribution >= 0.6 is 0 Å². The smallest absolute Gasteiger partial charge is 0.0114 e. The Morgan fingerprint density at radius 3 is 2.50 bits per heavy atom. The Balaban J connectivity index is 1.91. The Labute approximate surface area is 109 Å². The van der Waals surface area contributed by atoms with Gasteiger partial charge in [0.1, 0.15) is 0 Å². The number of benzene rings is 2. The molecule has 2 unspecified atom stereocenters. The van der Waals surface area contributed by atoms with Crippen LogP contribution in [0.1, 0.15) is 29.0 Å². The number of nitrogens with two attached hydrogens (primary N) is 1.